The second-order valence-corrected chi connectivity index (χ2v) is 4.06. The average molecular weight is 240 g/mol. The molecule has 3 heterocycles. The first-order valence-corrected chi connectivity index (χ1v) is 5.55. The van der Waals surface area contributed by atoms with Gasteiger partial charge in [-0.2, -0.15) is 0 Å². The van der Waals surface area contributed by atoms with Crippen molar-refractivity contribution in [3.05, 3.63) is 36.7 Å². The Hall–Kier alpha value is -2.43. The molecule has 0 unspecified atom stereocenters. The maximum atomic E-state index is 5.00. The van der Waals surface area contributed by atoms with Crippen LogP contribution in [0.1, 0.15) is 11.3 Å². The number of oxazole rings is 1. The lowest BCUT2D eigenvalue weighted by Gasteiger charge is -2.04. The molecule has 0 radical (unpaired) electrons. The number of rotatable bonds is 2. The molecule has 5 nitrogen and oxygen atoms in total. The predicted octanol–water partition coefficient (Wildman–Crippen LogP) is 2.57. The van der Waals surface area contributed by atoms with Gasteiger partial charge in [0.1, 0.15) is 17.5 Å². The van der Waals surface area contributed by atoms with Gasteiger partial charge in [0.2, 0.25) is 0 Å². The summed E-state index contributed by atoms with van der Waals surface area (Å²) >= 11 is 0. The zero-order valence-corrected chi connectivity index (χ0v) is 10.2. The van der Waals surface area contributed by atoms with Crippen molar-refractivity contribution in [3.63, 3.8) is 0 Å². The lowest BCUT2D eigenvalue weighted by molar-refractivity contribution is 0.558. The third-order valence-corrected chi connectivity index (χ3v) is 3.01. The van der Waals surface area contributed by atoms with Gasteiger partial charge in [-0.1, -0.05) is 12.7 Å². The summed E-state index contributed by atoms with van der Waals surface area (Å²) in [5.41, 5.74) is 4.48. The Morgan fingerprint density at radius 1 is 1.39 bits per heavy atom. The molecule has 0 spiro atoms. The second-order valence-electron chi connectivity index (χ2n) is 4.06. The Morgan fingerprint density at radius 2 is 2.22 bits per heavy atom. The van der Waals surface area contributed by atoms with Crippen molar-refractivity contribution in [1.29, 1.82) is 0 Å². The van der Waals surface area contributed by atoms with Crippen molar-refractivity contribution in [3.8, 4) is 11.5 Å². The highest BCUT2D eigenvalue weighted by Crippen LogP contribution is 2.26. The van der Waals surface area contributed by atoms with Gasteiger partial charge in [0, 0.05) is 18.3 Å². The molecule has 0 fully saturated rings. The summed E-state index contributed by atoms with van der Waals surface area (Å²) in [6, 6.07) is 0. The number of imidazole rings is 1. The first kappa shape index (κ1) is 10.7. The van der Waals surface area contributed by atoms with Crippen molar-refractivity contribution >= 4 is 17.1 Å². The Kier molecular flexibility index (Phi) is 2.26. The third kappa shape index (κ3) is 1.37. The highest BCUT2D eigenvalue weighted by Gasteiger charge is 2.15. The number of aromatic nitrogens is 4. The molecule has 0 aliphatic heterocycles. The van der Waals surface area contributed by atoms with Gasteiger partial charge in [0.25, 0.3) is 0 Å². The minimum atomic E-state index is 0.710. The van der Waals surface area contributed by atoms with Crippen LogP contribution in [0.15, 0.2) is 29.8 Å². The maximum Gasteiger partial charge on any atom is 0.181 e. The second kappa shape index (κ2) is 3.80. The molecule has 0 amide bonds. The van der Waals surface area contributed by atoms with E-state index >= 15 is 0 Å². The molecule has 0 atom stereocenters. The van der Waals surface area contributed by atoms with Gasteiger partial charge >= 0.3 is 0 Å². The molecule has 18 heavy (non-hydrogen) atoms. The lowest BCUT2D eigenvalue weighted by Crippen LogP contribution is -1.95. The molecule has 90 valence electrons. The van der Waals surface area contributed by atoms with E-state index < -0.39 is 0 Å². The minimum Gasteiger partial charge on any atom is -0.451 e. The standard InChI is InChI=1S/C13H12N4O/c1-4-9-8(2)14-5-10-12(9)17(3)13(16-10)11-6-18-7-15-11/h4-7H,1H2,2-3H3. The van der Waals surface area contributed by atoms with E-state index in [1.54, 1.807) is 18.5 Å². The summed E-state index contributed by atoms with van der Waals surface area (Å²) in [5, 5.41) is 0. The summed E-state index contributed by atoms with van der Waals surface area (Å²) in [5.74, 6) is 0.759. The number of aryl methyl sites for hydroxylation is 2. The fourth-order valence-corrected chi connectivity index (χ4v) is 2.12. The van der Waals surface area contributed by atoms with Crippen LogP contribution in [0.5, 0.6) is 0 Å². The van der Waals surface area contributed by atoms with E-state index in [9.17, 15) is 0 Å². The summed E-state index contributed by atoms with van der Waals surface area (Å²) < 4.78 is 6.98. The summed E-state index contributed by atoms with van der Waals surface area (Å²) in [6.45, 7) is 5.80. The molecule has 0 saturated carbocycles. The third-order valence-electron chi connectivity index (χ3n) is 3.01. The number of hydrogen-bond donors (Lipinski definition) is 0. The van der Waals surface area contributed by atoms with Gasteiger partial charge in [0.15, 0.2) is 12.2 Å². The Labute approximate surface area is 104 Å². The van der Waals surface area contributed by atoms with Crippen LogP contribution < -0.4 is 0 Å². The molecule has 3 rings (SSSR count). The van der Waals surface area contributed by atoms with Crippen molar-refractivity contribution in [2.75, 3.05) is 0 Å². The molecule has 3 aromatic heterocycles. The molecular weight excluding hydrogens is 228 g/mol. The molecule has 5 heteroatoms. The molecular formula is C13H12N4O. The summed E-state index contributed by atoms with van der Waals surface area (Å²) in [7, 11) is 1.95. The molecule has 0 bridgehead atoms. The van der Waals surface area contributed by atoms with E-state index in [0.29, 0.717) is 5.69 Å². The van der Waals surface area contributed by atoms with Gasteiger partial charge in [-0.3, -0.25) is 4.98 Å². The van der Waals surface area contributed by atoms with Crippen LogP contribution in [0.3, 0.4) is 0 Å². The first-order valence-electron chi connectivity index (χ1n) is 5.55. The first-order chi connectivity index (χ1) is 8.72. The topological polar surface area (TPSA) is 56.7 Å². The maximum absolute atomic E-state index is 5.00. The average Bonchev–Trinajstić information content (AvgIpc) is 2.98. The Morgan fingerprint density at radius 3 is 2.89 bits per heavy atom. The van der Waals surface area contributed by atoms with Gasteiger partial charge < -0.3 is 8.98 Å². The highest BCUT2D eigenvalue weighted by molar-refractivity contribution is 5.87. The highest BCUT2D eigenvalue weighted by atomic mass is 16.3. The number of pyridine rings is 1. The number of nitrogens with zero attached hydrogens (tertiary/aromatic N) is 4. The van der Waals surface area contributed by atoms with Crippen LogP contribution in [-0.4, -0.2) is 19.5 Å². The summed E-state index contributed by atoms with van der Waals surface area (Å²) in [6.07, 6.45) is 6.54. The number of hydrogen-bond acceptors (Lipinski definition) is 4. The lowest BCUT2D eigenvalue weighted by atomic mass is 10.2. The minimum absolute atomic E-state index is 0.710. The molecule has 0 N–H and O–H groups in total. The van der Waals surface area contributed by atoms with Crippen LogP contribution >= 0.6 is 0 Å². The van der Waals surface area contributed by atoms with E-state index in [1.807, 2.05) is 18.5 Å². The van der Waals surface area contributed by atoms with E-state index in [4.69, 9.17) is 4.42 Å². The smallest absolute Gasteiger partial charge is 0.181 e. The largest absolute Gasteiger partial charge is 0.451 e. The number of fused-ring (bicyclic) bond motifs is 1. The molecule has 0 aromatic carbocycles. The quantitative estimate of drug-likeness (QED) is 0.690. The normalized spacial score (nSPS) is 11.0. The Balaban J connectivity index is 2.39. The van der Waals surface area contributed by atoms with E-state index in [-0.39, 0.29) is 0 Å². The molecule has 0 aliphatic rings. The van der Waals surface area contributed by atoms with Crippen molar-refractivity contribution < 1.29 is 4.42 Å². The molecule has 3 aromatic rings. The van der Waals surface area contributed by atoms with Gasteiger partial charge in [0.05, 0.1) is 11.7 Å². The zero-order valence-electron chi connectivity index (χ0n) is 10.2. The predicted molar refractivity (Wildman–Crippen MR) is 68.8 cm³/mol. The van der Waals surface area contributed by atoms with Gasteiger partial charge in [-0.05, 0) is 6.92 Å². The van der Waals surface area contributed by atoms with Gasteiger partial charge in [-0.15, -0.1) is 0 Å². The zero-order chi connectivity index (χ0) is 12.7. The Bertz CT molecular complexity index is 725. The molecule has 0 aliphatic carbocycles. The van der Waals surface area contributed by atoms with Crippen LogP contribution in [0.4, 0.5) is 0 Å². The van der Waals surface area contributed by atoms with Crippen molar-refractivity contribution in [2.45, 2.75) is 6.92 Å². The van der Waals surface area contributed by atoms with E-state index in [1.165, 1.54) is 6.39 Å². The van der Waals surface area contributed by atoms with E-state index in [0.717, 1.165) is 28.1 Å². The van der Waals surface area contributed by atoms with Crippen molar-refractivity contribution in [2.24, 2.45) is 7.05 Å². The molecule has 0 saturated heterocycles. The summed E-state index contributed by atoms with van der Waals surface area (Å²) in [4.78, 5) is 13.0. The van der Waals surface area contributed by atoms with Crippen molar-refractivity contribution in [1.82, 2.24) is 19.5 Å². The van der Waals surface area contributed by atoms with Crippen LogP contribution in [0.2, 0.25) is 0 Å². The fraction of sp³-hybridized carbons (Fsp3) is 0.154. The van der Waals surface area contributed by atoms with E-state index in [2.05, 4.69) is 21.5 Å². The SMILES string of the molecule is C=Cc1c(C)ncc2nc(-c3cocn3)n(C)c12. The van der Waals surface area contributed by atoms with Crippen LogP contribution in [0, 0.1) is 6.92 Å². The fourth-order valence-electron chi connectivity index (χ4n) is 2.12. The van der Waals surface area contributed by atoms with Gasteiger partial charge in [-0.25, -0.2) is 9.97 Å². The monoisotopic (exact) mass is 240 g/mol. The van der Waals surface area contributed by atoms with Crippen LogP contribution in [-0.2, 0) is 7.05 Å². The van der Waals surface area contributed by atoms with Crippen LogP contribution in [0.25, 0.3) is 28.6 Å².